The number of aryl methyl sites for hydroxylation is 3. The van der Waals surface area contributed by atoms with Gasteiger partial charge in [0, 0.05) is 68.2 Å². The Labute approximate surface area is 201 Å². The number of carbonyl (C=O) groups excluding carboxylic acids is 2. The molecular weight excluding hydrogens is 426 g/mol. The van der Waals surface area contributed by atoms with E-state index in [9.17, 15) is 9.59 Å². The van der Waals surface area contributed by atoms with Crippen molar-refractivity contribution in [3.8, 4) is 0 Å². The van der Waals surface area contributed by atoms with Crippen molar-refractivity contribution < 1.29 is 9.59 Å². The third kappa shape index (κ3) is 5.03. The Bertz CT molecular complexity index is 1150. The molecule has 1 fully saturated rings. The minimum atomic E-state index is -0.120. The molecule has 7 heteroatoms. The van der Waals surface area contributed by atoms with E-state index in [1.165, 1.54) is 5.56 Å². The molecule has 176 valence electrons. The predicted octanol–water partition coefficient (Wildman–Crippen LogP) is 4.76. The molecule has 1 saturated heterocycles. The lowest BCUT2D eigenvalue weighted by molar-refractivity contribution is 0.0671. The molecular formula is C27H31N5O2. The lowest BCUT2D eigenvalue weighted by Crippen LogP contribution is -2.51. The molecule has 7 nitrogen and oxygen atoms in total. The zero-order chi connectivity index (χ0) is 24.2. The number of nitrogens with zero attached hydrogens (tertiary/aromatic N) is 4. The molecule has 1 aliphatic heterocycles. The first-order chi connectivity index (χ1) is 16.3. The summed E-state index contributed by atoms with van der Waals surface area (Å²) in [4.78, 5) is 35.5. The highest BCUT2D eigenvalue weighted by molar-refractivity contribution is 5.95. The number of hydrogen-bond acceptors (Lipinski definition) is 4. The average Bonchev–Trinajstić information content (AvgIpc) is 2.86. The Hall–Kier alpha value is -3.87. The number of rotatable bonds is 4. The fourth-order valence-corrected chi connectivity index (χ4v) is 4.40. The van der Waals surface area contributed by atoms with Crippen LogP contribution in [-0.2, 0) is 0 Å². The van der Waals surface area contributed by atoms with Crippen LogP contribution in [0.1, 0.15) is 27.0 Å². The summed E-state index contributed by atoms with van der Waals surface area (Å²) < 4.78 is 0. The summed E-state index contributed by atoms with van der Waals surface area (Å²) in [6, 6.07) is 15.5. The number of hydrogen-bond donors (Lipinski definition) is 1. The first-order valence-corrected chi connectivity index (χ1v) is 11.5. The fourth-order valence-electron chi connectivity index (χ4n) is 4.40. The second-order valence-electron chi connectivity index (χ2n) is 8.79. The molecule has 0 bridgehead atoms. The molecule has 3 aromatic rings. The van der Waals surface area contributed by atoms with E-state index in [1.54, 1.807) is 17.3 Å². The van der Waals surface area contributed by atoms with E-state index in [0.29, 0.717) is 31.7 Å². The second-order valence-corrected chi connectivity index (χ2v) is 8.79. The molecule has 0 unspecified atom stereocenters. The molecule has 0 radical (unpaired) electrons. The fraction of sp³-hybridized carbons (Fsp3) is 0.296. The van der Waals surface area contributed by atoms with E-state index in [4.69, 9.17) is 0 Å². The van der Waals surface area contributed by atoms with E-state index in [2.05, 4.69) is 29.4 Å². The first kappa shape index (κ1) is 23.3. The molecule has 0 saturated carbocycles. The number of anilines is 3. The van der Waals surface area contributed by atoms with Crippen LogP contribution in [0.15, 0.2) is 60.9 Å². The van der Waals surface area contributed by atoms with E-state index in [0.717, 1.165) is 28.2 Å². The van der Waals surface area contributed by atoms with Gasteiger partial charge in [-0.15, -0.1) is 0 Å². The van der Waals surface area contributed by atoms with Crippen LogP contribution in [0.25, 0.3) is 0 Å². The first-order valence-electron chi connectivity index (χ1n) is 11.5. The van der Waals surface area contributed by atoms with E-state index < -0.39 is 0 Å². The molecule has 2 aromatic carbocycles. The minimum absolute atomic E-state index is 0.0107. The topological polar surface area (TPSA) is 68.8 Å². The summed E-state index contributed by atoms with van der Waals surface area (Å²) in [5, 5.41) is 3.06. The summed E-state index contributed by atoms with van der Waals surface area (Å²) in [6.45, 7) is 8.09. The molecule has 2 heterocycles. The van der Waals surface area contributed by atoms with Gasteiger partial charge in [-0.1, -0.05) is 17.7 Å². The lowest BCUT2D eigenvalue weighted by Gasteiger charge is -2.35. The summed E-state index contributed by atoms with van der Waals surface area (Å²) in [5.74, 6) is -0.0107. The summed E-state index contributed by atoms with van der Waals surface area (Å²) in [7, 11) is 1.98. The standard InChI is InChI=1S/C27H31N5O2/c1-19-17-20(2)25(21(3)18-19)29-27(34)32-15-13-31(14-16-32)26(33)22-5-7-23(8-6-22)30(4)24-9-11-28-12-10-24/h5-12,17-18H,13-16H2,1-4H3,(H,29,34). The molecule has 1 aliphatic rings. The van der Waals surface area contributed by atoms with E-state index >= 15 is 0 Å². The van der Waals surface area contributed by atoms with Crippen LogP contribution in [0.5, 0.6) is 0 Å². The van der Waals surface area contributed by atoms with E-state index in [-0.39, 0.29) is 11.9 Å². The molecule has 1 N–H and O–H groups in total. The second kappa shape index (κ2) is 9.95. The molecule has 0 spiro atoms. The van der Waals surface area contributed by atoms with Crippen LogP contribution in [-0.4, -0.2) is 59.9 Å². The van der Waals surface area contributed by atoms with Gasteiger partial charge in [-0.3, -0.25) is 9.78 Å². The number of nitrogens with one attached hydrogen (secondary N) is 1. The van der Waals surface area contributed by atoms with Crippen LogP contribution in [0.4, 0.5) is 21.9 Å². The Morgan fingerprint density at radius 1 is 0.824 bits per heavy atom. The Kier molecular flexibility index (Phi) is 6.82. The number of carbonyl (C=O) groups is 2. The van der Waals surface area contributed by atoms with Crippen LogP contribution >= 0.6 is 0 Å². The monoisotopic (exact) mass is 457 g/mol. The minimum Gasteiger partial charge on any atom is -0.345 e. The summed E-state index contributed by atoms with van der Waals surface area (Å²) in [6.07, 6.45) is 3.51. The van der Waals surface area contributed by atoms with Gasteiger partial charge < -0.3 is 20.0 Å². The van der Waals surface area contributed by atoms with Crippen LogP contribution in [0.2, 0.25) is 0 Å². The zero-order valence-corrected chi connectivity index (χ0v) is 20.2. The van der Waals surface area contributed by atoms with Gasteiger partial charge in [-0.25, -0.2) is 4.79 Å². The van der Waals surface area contributed by atoms with Gasteiger partial charge in [0.2, 0.25) is 0 Å². The average molecular weight is 458 g/mol. The number of pyridine rings is 1. The maximum atomic E-state index is 13.0. The Morgan fingerprint density at radius 3 is 1.94 bits per heavy atom. The number of urea groups is 1. The van der Waals surface area contributed by atoms with Gasteiger partial charge in [0.1, 0.15) is 0 Å². The summed E-state index contributed by atoms with van der Waals surface area (Å²) >= 11 is 0. The number of benzene rings is 2. The SMILES string of the molecule is Cc1cc(C)c(NC(=O)N2CCN(C(=O)c3ccc(N(C)c4ccncc4)cc3)CC2)c(C)c1. The zero-order valence-electron chi connectivity index (χ0n) is 20.2. The predicted molar refractivity (Wildman–Crippen MR) is 136 cm³/mol. The Morgan fingerprint density at radius 2 is 1.35 bits per heavy atom. The highest BCUT2D eigenvalue weighted by Crippen LogP contribution is 2.24. The van der Waals surface area contributed by atoms with Crippen molar-refractivity contribution in [1.82, 2.24) is 14.8 Å². The van der Waals surface area contributed by atoms with Gasteiger partial charge in [-0.2, -0.15) is 0 Å². The number of aromatic nitrogens is 1. The van der Waals surface area contributed by atoms with Crippen molar-refractivity contribution >= 4 is 29.0 Å². The van der Waals surface area contributed by atoms with E-state index in [1.807, 2.05) is 67.1 Å². The summed E-state index contributed by atoms with van der Waals surface area (Å²) in [5.41, 5.74) is 6.82. The molecule has 0 atom stereocenters. The van der Waals surface area contributed by atoms with Crippen molar-refractivity contribution in [1.29, 1.82) is 0 Å². The number of amides is 3. The maximum Gasteiger partial charge on any atom is 0.321 e. The van der Waals surface area contributed by atoms with Gasteiger partial charge in [-0.05, 0) is 68.3 Å². The van der Waals surface area contributed by atoms with Gasteiger partial charge in [0.25, 0.3) is 5.91 Å². The normalized spacial score (nSPS) is 13.5. The quantitative estimate of drug-likeness (QED) is 0.613. The molecule has 1 aromatic heterocycles. The van der Waals surface area contributed by atoms with Crippen molar-refractivity contribution in [2.45, 2.75) is 20.8 Å². The molecule has 4 rings (SSSR count). The highest BCUT2D eigenvalue weighted by Gasteiger charge is 2.25. The van der Waals surface area contributed by atoms with Crippen LogP contribution in [0, 0.1) is 20.8 Å². The number of piperazine rings is 1. The third-order valence-electron chi connectivity index (χ3n) is 6.31. The maximum absolute atomic E-state index is 13.0. The van der Waals surface area contributed by atoms with Crippen LogP contribution < -0.4 is 10.2 Å². The third-order valence-corrected chi connectivity index (χ3v) is 6.31. The van der Waals surface area contributed by atoms with Crippen molar-refractivity contribution in [3.05, 3.63) is 83.2 Å². The van der Waals surface area contributed by atoms with Crippen LogP contribution in [0.3, 0.4) is 0 Å². The van der Waals surface area contributed by atoms with Crippen molar-refractivity contribution in [3.63, 3.8) is 0 Å². The van der Waals surface area contributed by atoms with Gasteiger partial charge in [0.05, 0.1) is 0 Å². The molecule has 0 aliphatic carbocycles. The largest absolute Gasteiger partial charge is 0.345 e. The van der Waals surface area contributed by atoms with Crippen molar-refractivity contribution in [2.24, 2.45) is 0 Å². The lowest BCUT2D eigenvalue weighted by atomic mass is 10.1. The van der Waals surface area contributed by atoms with Gasteiger partial charge in [0.15, 0.2) is 0 Å². The Balaban J connectivity index is 1.34. The molecule has 3 amide bonds. The van der Waals surface area contributed by atoms with Gasteiger partial charge >= 0.3 is 6.03 Å². The van der Waals surface area contributed by atoms with Crippen molar-refractivity contribution in [2.75, 3.05) is 43.4 Å². The smallest absolute Gasteiger partial charge is 0.321 e. The molecule has 34 heavy (non-hydrogen) atoms. The highest BCUT2D eigenvalue weighted by atomic mass is 16.2.